The number of nitrogens with one attached hydrogen (secondary N) is 1. The highest BCUT2D eigenvalue weighted by molar-refractivity contribution is 4.90. The Hall–Kier alpha value is -0.0800. The van der Waals surface area contributed by atoms with Crippen molar-refractivity contribution in [3.63, 3.8) is 0 Å². The number of likely N-dealkylation sites (tertiary alicyclic amines) is 1. The third-order valence-electron chi connectivity index (χ3n) is 4.28. The first-order valence-corrected chi connectivity index (χ1v) is 7.03. The first-order chi connectivity index (χ1) is 7.51. The maximum absolute atomic E-state index is 3.69. The van der Waals surface area contributed by atoms with Crippen LogP contribution < -0.4 is 5.32 Å². The fourth-order valence-corrected chi connectivity index (χ4v) is 2.77. The standard InChI is InChI=1S/C14H30N2/c1-6-14(5,7-2)16-10-8-9-13(11-16)15-12(3)4/h12-13,15H,6-11H2,1-5H3. The summed E-state index contributed by atoms with van der Waals surface area (Å²) in [6.07, 6.45) is 5.22. The van der Waals surface area contributed by atoms with Gasteiger partial charge in [0.2, 0.25) is 0 Å². The Morgan fingerprint density at radius 3 is 2.44 bits per heavy atom. The molecule has 0 amide bonds. The van der Waals surface area contributed by atoms with Crippen LogP contribution in [0.2, 0.25) is 0 Å². The van der Waals surface area contributed by atoms with E-state index in [2.05, 4.69) is 44.8 Å². The molecule has 1 fully saturated rings. The molecule has 0 aromatic heterocycles. The average Bonchev–Trinajstić information content (AvgIpc) is 2.27. The molecule has 1 N–H and O–H groups in total. The molecule has 1 saturated heterocycles. The largest absolute Gasteiger partial charge is 0.311 e. The van der Waals surface area contributed by atoms with Gasteiger partial charge in [-0.2, -0.15) is 0 Å². The lowest BCUT2D eigenvalue weighted by atomic mass is 9.89. The molecule has 1 unspecified atom stereocenters. The number of hydrogen-bond acceptors (Lipinski definition) is 2. The molecule has 96 valence electrons. The lowest BCUT2D eigenvalue weighted by Crippen LogP contribution is -2.55. The van der Waals surface area contributed by atoms with Gasteiger partial charge >= 0.3 is 0 Å². The number of nitrogens with zero attached hydrogens (tertiary/aromatic N) is 1. The maximum atomic E-state index is 3.69. The van der Waals surface area contributed by atoms with Crippen LogP contribution in [0.1, 0.15) is 60.3 Å². The topological polar surface area (TPSA) is 15.3 Å². The summed E-state index contributed by atoms with van der Waals surface area (Å²) in [7, 11) is 0. The van der Waals surface area contributed by atoms with Gasteiger partial charge in [-0.1, -0.05) is 27.7 Å². The van der Waals surface area contributed by atoms with Gasteiger partial charge in [0.25, 0.3) is 0 Å². The average molecular weight is 226 g/mol. The second-order valence-electron chi connectivity index (χ2n) is 5.81. The van der Waals surface area contributed by atoms with Crippen LogP contribution in [0.25, 0.3) is 0 Å². The molecule has 0 bridgehead atoms. The monoisotopic (exact) mass is 226 g/mol. The summed E-state index contributed by atoms with van der Waals surface area (Å²) < 4.78 is 0. The van der Waals surface area contributed by atoms with Gasteiger partial charge in [-0.15, -0.1) is 0 Å². The number of rotatable bonds is 5. The van der Waals surface area contributed by atoms with E-state index in [1.807, 2.05) is 0 Å². The molecule has 1 heterocycles. The van der Waals surface area contributed by atoms with E-state index in [0.717, 1.165) is 0 Å². The predicted molar refractivity (Wildman–Crippen MR) is 71.9 cm³/mol. The minimum Gasteiger partial charge on any atom is -0.311 e. The highest BCUT2D eigenvalue weighted by atomic mass is 15.2. The van der Waals surface area contributed by atoms with Gasteiger partial charge in [0.15, 0.2) is 0 Å². The predicted octanol–water partition coefficient (Wildman–Crippen LogP) is 3.03. The van der Waals surface area contributed by atoms with Crippen molar-refractivity contribution in [1.29, 1.82) is 0 Å². The van der Waals surface area contributed by atoms with Crippen LogP contribution in [0.15, 0.2) is 0 Å². The molecular weight excluding hydrogens is 196 g/mol. The van der Waals surface area contributed by atoms with Crippen molar-refractivity contribution in [2.24, 2.45) is 0 Å². The minimum atomic E-state index is 0.414. The van der Waals surface area contributed by atoms with Crippen molar-refractivity contribution in [3.05, 3.63) is 0 Å². The molecule has 1 aliphatic heterocycles. The van der Waals surface area contributed by atoms with Crippen LogP contribution in [-0.2, 0) is 0 Å². The third kappa shape index (κ3) is 3.46. The Morgan fingerprint density at radius 2 is 1.94 bits per heavy atom. The summed E-state index contributed by atoms with van der Waals surface area (Å²) in [6.45, 7) is 14.1. The fraction of sp³-hybridized carbons (Fsp3) is 1.00. The molecule has 1 atom stereocenters. The Kier molecular flexibility index (Phi) is 5.26. The van der Waals surface area contributed by atoms with Crippen molar-refractivity contribution >= 4 is 0 Å². The van der Waals surface area contributed by atoms with Gasteiger partial charge < -0.3 is 5.32 Å². The van der Waals surface area contributed by atoms with Gasteiger partial charge in [0, 0.05) is 24.2 Å². The van der Waals surface area contributed by atoms with Crippen molar-refractivity contribution in [2.45, 2.75) is 77.9 Å². The quantitative estimate of drug-likeness (QED) is 0.775. The Morgan fingerprint density at radius 1 is 1.31 bits per heavy atom. The molecular formula is C14H30N2. The molecule has 16 heavy (non-hydrogen) atoms. The molecule has 0 aromatic carbocycles. The van der Waals surface area contributed by atoms with Crippen LogP contribution in [0.5, 0.6) is 0 Å². The molecule has 0 saturated carbocycles. The van der Waals surface area contributed by atoms with Crippen LogP contribution in [0.3, 0.4) is 0 Å². The summed E-state index contributed by atoms with van der Waals surface area (Å²) in [5, 5.41) is 3.69. The van der Waals surface area contributed by atoms with E-state index in [9.17, 15) is 0 Å². The van der Waals surface area contributed by atoms with Crippen molar-refractivity contribution in [3.8, 4) is 0 Å². The van der Waals surface area contributed by atoms with E-state index in [1.54, 1.807) is 0 Å². The second kappa shape index (κ2) is 6.02. The minimum absolute atomic E-state index is 0.414. The molecule has 0 aromatic rings. The molecule has 0 radical (unpaired) electrons. The fourth-order valence-electron chi connectivity index (χ4n) is 2.77. The molecule has 1 rings (SSSR count). The number of piperidine rings is 1. The summed E-state index contributed by atoms with van der Waals surface area (Å²) >= 11 is 0. The van der Waals surface area contributed by atoms with E-state index in [0.29, 0.717) is 17.6 Å². The summed E-state index contributed by atoms with van der Waals surface area (Å²) in [4.78, 5) is 2.70. The van der Waals surface area contributed by atoms with Crippen LogP contribution in [0, 0.1) is 0 Å². The van der Waals surface area contributed by atoms with Gasteiger partial charge in [0.1, 0.15) is 0 Å². The van der Waals surface area contributed by atoms with E-state index >= 15 is 0 Å². The van der Waals surface area contributed by atoms with E-state index in [-0.39, 0.29) is 0 Å². The first-order valence-electron chi connectivity index (χ1n) is 7.03. The molecule has 1 aliphatic rings. The van der Waals surface area contributed by atoms with Crippen molar-refractivity contribution < 1.29 is 0 Å². The maximum Gasteiger partial charge on any atom is 0.0198 e. The SMILES string of the molecule is CCC(C)(CC)N1CCCC(NC(C)C)C1. The second-order valence-corrected chi connectivity index (χ2v) is 5.81. The van der Waals surface area contributed by atoms with Gasteiger partial charge in [0.05, 0.1) is 0 Å². The zero-order valence-corrected chi connectivity index (χ0v) is 11.8. The Balaban J connectivity index is 2.55. The van der Waals surface area contributed by atoms with Gasteiger partial charge in [-0.05, 0) is 39.2 Å². The summed E-state index contributed by atoms with van der Waals surface area (Å²) in [6, 6.07) is 1.31. The summed E-state index contributed by atoms with van der Waals surface area (Å²) in [5.41, 5.74) is 0.414. The van der Waals surface area contributed by atoms with Crippen molar-refractivity contribution in [2.75, 3.05) is 13.1 Å². The Labute approximate surface area is 102 Å². The zero-order chi connectivity index (χ0) is 12.2. The van der Waals surface area contributed by atoms with E-state index in [4.69, 9.17) is 0 Å². The summed E-state index contributed by atoms with van der Waals surface area (Å²) in [5.74, 6) is 0. The van der Waals surface area contributed by atoms with Crippen LogP contribution in [-0.4, -0.2) is 35.6 Å². The molecule has 2 heteroatoms. The van der Waals surface area contributed by atoms with Crippen LogP contribution in [0.4, 0.5) is 0 Å². The highest BCUT2D eigenvalue weighted by Crippen LogP contribution is 2.27. The first kappa shape index (κ1) is 14.0. The lowest BCUT2D eigenvalue weighted by molar-refractivity contribution is 0.0565. The van der Waals surface area contributed by atoms with Gasteiger partial charge in [-0.25, -0.2) is 0 Å². The zero-order valence-electron chi connectivity index (χ0n) is 11.8. The highest BCUT2D eigenvalue weighted by Gasteiger charge is 2.32. The molecule has 0 aliphatic carbocycles. The Bertz CT molecular complexity index is 197. The molecule has 2 nitrogen and oxygen atoms in total. The van der Waals surface area contributed by atoms with Gasteiger partial charge in [-0.3, -0.25) is 4.90 Å². The van der Waals surface area contributed by atoms with E-state index in [1.165, 1.54) is 38.8 Å². The van der Waals surface area contributed by atoms with Crippen LogP contribution >= 0.6 is 0 Å². The van der Waals surface area contributed by atoms with E-state index < -0.39 is 0 Å². The lowest BCUT2D eigenvalue weighted by Gasteiger charge is -2.45. The smallest absolute Gasteiger partial charge is 0.0198 e. The molecule has 0 spiro atoms. The number of hydrogen-bond donors (Lipinski definition) is 1. The third-order valence-corrected chi connectivity index (χ3v) is 4.28. The normalized spacial score (nSPS) is 24.0. The van der Waals surface area contributed by atoms with Crippen molar-refractivity contribution in [1.82, 2.24) is 10.2 Å².